The van der Waals surface area contributed by atoms with Crippen molar-refractivity contribution in [3.05, 3.63) is 29.6 Å². The first-order valence-corrected chi connectivity index (χ1v) is 6.96. The first kappa shape index (κ1) is 14.8. The van der Waals surface area contributed by atoms with Gasteiger partial charge < -0.3 is 15.4 Å². The SMILES string of the molecule is COc1ccc(C(C)NCCC(=O)NC2CC2)cc1F. The molecule has 1 unspecified atom stereocenters. The molecule has 2 rings (SSSR count). The monoisotopic (exact) mass is 280 g/mol. The largest absolute Gasteiger partial charge is 0.494 e. The lowest BCUT2D eigenvalue weighted by Crippen LogP contribution is -2.30. The molecular weight excluding hydrogens is 259 g/mol. The van der Waals surface area contributed by atoms with Crippen LogP contribution in [0.3, 0.4) is 0 Å². The van der Waals surface area contributed by atoms with Crippen molar-refractivity contribution in [3.8, 4) is 5.75 Å². The smallest absolute Gasteiger partial charge is 0.221 e. The molecule has 1 aliphatic rings. The van der Waals surface area contributed by atoms with Gasteiger partial charge >= 0.3 is 0 Å². The molecule has 0 heterocycles. The van der Waals surface area contributed by atoms with E-state index >= 15 is 0 Å². The van der Waals surface area contributed by atoms with E-state index < -0.39 is 0 Å². The van der Waals surface area contributed by atoms with Gasteiger partial charge in [0.15, 0.2) is 11.6 Å². The molecule has 1 aromatic rings. The maximum absolute atomic E-state index is 13.6. The molecule has 1 saturated carbocycles. The molecular formula is C15H21FN2O2. The van der Waals surface area contributed by atoms with Crippen molar-refractivity contribution in [1.82, 2.24) is 10.6 Å². The van der Waals surface area contributed by atoms with Gasteiger partial charge in [-0.25, -0.2) is 4.39 Å². The zero-order valence-electron chi connectivity index (χ0n) is 11.9. The normalized spacial score (nSPS) is 15.8. The van der Waals surface area contributed by atoms with E-state index in [0.29, 0.717) is 19.0 Å². The average Bonchev–Trinajstić information content (AvgIpc) is 3.22. The molecule has 0 aromatic heterocycles. The van der Waals surface area contributed by atoms with Gasteiger partial charge in [0, 0.05) is 25.0 Å². The van der Waals surface area contributed by atoms with Gasteiger partial charge in [0.1, 0.15) is 0 Å². The van der Waals surface area contributed by atoms with Gasteiger partial charge in [0.2, 0.25) is 5.91 Å². The molecule has 20 heavy (non-hydrogen) atoms. The first-order chi connectivity index (χ1) is 9.60. The highest BCUT2D eigenvalue weighted by molar-refractivity contribution is 5.76. The quantitative estimate of drug-likeness (QED) is 0.804. The molecule has 1 amide bonds. The third-order valence-electron chi connectivity index (χ3n) is 3.42. The number of carbonyl (C=O) groups is 1. The number of methoxy groups -OCH3 is 1. The topological polar surface area (TPSA) is 50.4 Å². The number of nitrogens with one attached hydrogen (secondary N) is 2. The fraction of sp³-hybridized carbons (Fsp3) is 0.533. The number of benzene rings is 1. The minimum Gasteiger partial charge on any atom is -0.494 e. The second kappa shape index (κ2) is 6.70. The zero-order chi connectivity index (χ0) is 14.5. The van der Waals surface area contributed by atoms with Crippen LogP contribution < -0.4 is 15.4 Å². The number of ether oxygens (including phenoxy) is 1. The predicted octanol–water partition coefficient (Wildman–Crippen LogP) is 2.15. The third-order valence-corrected chi connectivity index (χ3v) is 3.42. The van der Waals surface area contributed by atoms with Crippen molar-refractivity contribution in [3.63, 3.8) is 0 Å². The molecule has 0 saturated heterocycles. The molecule has 5 heteroatoms. The van der Waals surface area contributed by atoms with Gasteiger partial charge in [-0.1, -0.05) is 6.07 Å². The first-order valence-electron chi connectivity index (χ1n) is 6.96. The molecule has 0 spiro atoms. The van der Waals surface area contributed by atoms with Crippen LogP contribution >= 0.6 is 0 Å². The van der Waals surface area contributed by atoms with Crippen LogP contribution in [0.1, 0.15) is 37.8 Å². The van der Waals surface area contributed by atoms with Crippen molar-refractivity contribution in [2.24, 2.45) is 0 Å². The van der Waals surface area contributed by atoms with Gasteiger partial charge in [0.05, 0.1) is 7.11 Å². The molecule has 0 bridgehead atoms. The molecule has 0 aliphatic heterocycles. The van der Waals surface area contributed by atoms with E-state index in [1.54, 1.807) is 6.07 Å². The summed E-state index contributed by atoms with van der Waals surface area (Å²) >= 11 is 0. The van der Waals surface area contributed by atoms with E-state index in [-0.39, 0.29) is 23.5 Å². The Bertz CT molecular complexity index is 475. The molecule has 1 atom stereocenters. The van der Waals surface area contributed by atoms with E-state index in [1.165, 1.54) is 13.2 Å². The van der Waals surface area contributed by atoms with E-state index in [4.69, 9.17) is 4.74 Å². The summed E-state index contributed by atoms with van der Waals surface area (Å²) in [4.78, 5) is 11.5. The summed E-state index contributed by atoms with van der Waals surface area (Å²) in [6.45, 7) is 2.52. The van der Waals surface area contributed by atoms with Crippen molar-refractivity contribution >= 4 is 5.91 Å². The predicted molar refractivity (Wildman–Crippen MR) is 75.2 cm³/mol. The van der Waals surface area contributed by atoms with E-state index in [0.717, 1.165) is 18.4 Å². The minimum absolute atomic E-state index is 0.0101. The van der Waals surface area contributed by atoms with Crippen LogP contribution in [0.4, 0.5) is 4.39 Å². The van der Waals surface area contributed by atoms with Crippen LogP contribution in [0.2, 0.25) is 0 Å². The van der Waals surface area contributed by atoms with E-state index in [9.17, 15) is 9.18 Å². The number of hydrogen-bond acceptors (Lipinski definition) is 3. The van der Waals surface area contributed by atoms with Crippen LogP contribution in [0.25, 0.3) is 0 Å². The van der Waals surface area contributed by atoms with Crippen LogP contribution in [0.5, 0.6) is 5.75 Å². The molecule has 1 aromatic carbocycles. The summed E-state index contributed by atoms with van der Waals surface area (Å²) < 4.78 is 18.5. The number of rotatable bonds is 7. The summed E-state index contributed by atoms with van der Waals surface area (Å²) in [6.07, 6.45) is 2.64. The highest BCUT2D eigenvalue weighted by atomic mass is 19.1. The number of amides is 1. The van der Waals surface area contributed by atoms with Crippen LogP contribution in [-0.2, 0) is 4.79 Å². The van der Waals surface area contributed by atoms with Crippen LogP contribution in [0.15, 0.2) is 18.2 Å². The molecule has 0 radical (unpaired) electrons. The average molecular weight is 280 g/mol. The summed E-state index contributed by atoms with van der Waals surface area (Å²) in [5.41, 5.74) is 0.839. The Hall–Kier alpha value is -1.62. The van der Waals surface area contributed by atoms with Gasteiger partial charge in [0.25, 0.3) is 0 Å². The molecule has 1 fully saturated rings. The van der Waals surface area contributed by atoms with Crippen molar-refractivity contribution < 1.29 is 13.9 Å². The van der Waals surface area contributed by atoms with E-state index in [2.05, 4.69) is 10.6 Å². The summed E-state index contributed by atoms with van der Waals surface area (Å²) in [6, 6.07) is 5.28. The van der Waals surface area contributed by atoms with Crippen molar-refractivity contribution in [2.75, 3.05) is 13.7 Å². The maximum atomic E-state index is 13.6. The Kier molecular flexibility index (Phi) is 4.95. The Labute approximate surface area is 118 Å². The lowest BCUT2D eigenvalue weighted by Gasteiger charge is -2.15. The summed E-state index contributed by atoms with van der Waals surface area (Å²) in [5, 5.41) is 6.16. The highest BCUT2D eigenvalue weighted by Crippen LogP contribution is 2.21. The Morgan fingerprint density at radius 2 is 2.25 bits per heavy atom. The molecule has 4 nitrogen and oxygen atoms in total. The lowest BCUT2D eigenvalue weighted by molar-refractivity contribution is -0.121. The minimum atomic E-state index is -0.370. The number of hydrogen-bond donors (Lipinski definition) is 2. The highest BCUT2D eigenvalue weighted by Gasteiger charge is 2.22. The van der Waals surface area contributed by atoms with Gasteiger partial charge in [-0.05, 0) is 37.5 Å². The molecule has 1 aliphatic carbocycles. The summed E-state index contributed by atoms with van der Waals surface area (Å²) in [7, 11) is 1.44. The lowest BCUT2D eigenvalue weighted by atomic mass is 10.1. The Morgan fingerprint density at radius 3 is 2.85 bits per heavy atom. The summed E-state index contributed by atoms with van der Waals surface area (Å²) in [5.74, 6) is -0.0528. The Balaban J connectivity index is 1.77. The van der Waals surface area contributed by atoms with Crippen LogP contribution in [0, 0.1) is 5.82 Å². The Morgan fingerprint density at radius 1 is 1.50 bits per heavy atom. The van der Waals surface area contributed by atoms with Gasteiger partial charge in [-0.15, -0.1) is 0 Å². The van der Waals surface area contributed by atoms with Gasteiger partial charge in [-0.3, -0.25) is 4.79 Å². The van der Waals surface area contributed by atoms with Crippen LogP contribution in [-0.4, -0.2) is 25.6 Å². The second-order valence-corrected chi connectivity index (χ2v) is 5.16. The van der Waals surface area contributed by atoms with E-state index in [1.807, 2.05) is 13.0 Å². The zero-order valence-corrected chi connectivity index (χ0v) is 11.9. The third kappa shape index (κ3) is 4.20. The number of halogens is 1. The molecule has 2 N–H and O–H groups in total. The fourth-order valence-electron chi connectivity index (χ4n) is 2.00. The van der Waals surface area contributed by atoms with Crippen molar-refractivity contribution in [2.45, 2.75) is 38.3 Å². The molecule has 110 valence electrons. The maximum Gasteiger partial charge on any atom is 0.221 e. The van der Waals surface area contributed by atoms with Gasteiger partial charge in [-0.2, -0.15) is 0 Å². The second-order valence-electron chi connectivity index (χ2n) is 5.16. The van der Waals surface area contributed by atoms with Crippen molar-refractivity contribution in [1.29, 1.82) is 0 Å². The standard InChI is InChI=1S/C15H21FN2O2/c1-10(11-3-6-14(20-2)13(16)9-11)17-8-7-15(19)18-12-4-5-12/h3,6,9-10,12,17H,4-5,7-8H2,1-2H3,(H,18,19). The number of carbonyl (C=O) groups excluding carboxylic acids is 1. The fourth-order valence-corrected chi connectivity index (χ4v) is 2.00.